The minimum absolute atomic E-state index is 0.690. The standard InChI is InChI=1S/C16H14BrN7/c1-10-12(8-20-24(10)11-6-4-3-5-7-11)21-15-13-14(17)22-23(2)16(13)19-9-18-15/h3-9H,1-2H3,(H,18,19,21). The van der Waals surface area contributed by atoms with E-state index in [1.807, 2.05) is 49.0 Å². The molecule has 3 heterocycles. The number of fused-ring (bicyclic) bond motifs is 1. The number of nitrogens with zero attached hydrogens (tertiary/aromatic N) is 6. The van der Waals surface area contributed by atoms with E-state index < -0.39 is 0 Å². The van der Waals surface area contributed by atoms with Crippen molar-refractivity contribution in [3.63, 3.8) is 0 Å². The fourth-order valence-electron chi connectivity index (χ4n) is 2.62. The van der Waals surface area contributed by atoms with Gasteiger partial charge < -0.3 is 5.32 Å². The Morgan fingerprint density at radius 1 is 1.12 bits per heavy atom. The zero-order chi connectivity index (χ0) is 16.7. The van der Waals surface area contributed by atoms with Crippen LogP contribution in [0.15, 0.2) is 47.5 Å². The maximum absolute atomic E-state index is 4.47. The number of benzene rings is 1. The zero-order valence-electron chi connectivity index (χ0n) is 13.1. The molecular formula is C16H14BrN7. The fraction of sp³-hybridized carbons (Fsp3) is 0.125. The average molecular weight is 384 g/mol. The van der Waals surface area contributed by atoms with Gasteiger partial charge >= 0.3 is 0 Å². The predicted octanol–water partition coefficient (Wildman–Crippen LogP) is 3.36. The minimum atomic E-state index is 0.690. The Balaban J connectivity index is 1.76. The Labute approximate surface area is 146 Å². The largest absolute Gasteiger partial charge is 0.337 e. The first-order chi connectivity index (χ1) is 11.6. The Hall–Kier alpha value is -2.74. The summed E-state index contributed by atoms with van der Waals surface area (Å²) < 4.78 is 4.31. The molecule has 1 N–H and O–H groups in total. The number of aromatic nitrogens is 6. The smallest absolute Gasteiger partial charge is 0.164 e. The number of hydrogen-bond donors (Lipinski definition) is 1. The predicted molar refractivity (Wildman–Crippen MR) is 95.6 cm³/mol. The van der Waals surface area contributed by atoms with Gasteiger partial charge in [0, 0.05) is 7.05 Å². The lowest BCUT2D eigenvalue weighted by atomic mass is 10.3. The quantitative estimate of drug-likeness (QED) is 0.586. The Bertz CT molecular complexity index is 1020. The van der Waals surface area contributed by atoms with E-state index in [1.165, 1.54) is 6.33 Å². The second kappa shape index (κ2) is 5.72. The second-order valence-corrected chi connectivity index (χ2v) is 6.10. The van der Waals surface area contributed by atoms with Crippen molar-refractivity contribution in [2.75, 3.05) is 5.32 Å². The van der Waals surface area contributed by atoms with E-state index in [1.54, 1.807) is 10.9 Å². The molecule has 0 amide bonds. The highest BCUT2D eigenvalue weighted by atomic mass is 79.9. The lowest BCUT2D eigenvalue weighted by Gasteiger charge is -2.07. The van der Waals surface area contributed by atoms with Gasteiger partial charge in [-0.1, -0.05) is 18.2 Å². The minimum Gasteiger partial charge on any atom is -0.337 e. The summed E-state index contributed by atoms with van der Waals surface area (Å²) in [6.45, 7) is 2.01. The van der Waals surface area contributed by atoms with Gasteiger partial charge in [0.05, 0.1) is 28.7 Å². The molecular weight excluding hydrogens is 370 g/mol. The summed E-state index contributed by atoms with van der Waals surface area (Å²) in [6, 6.07) is 10.0. The van der Waals surface area contributed by atoms with Crippen molar-refractivity contribution < 1.29 is 0 Å². The van der Waals surface area contributed by atoms with Crippen LogP contribution in [0.5, 0.6) is 0 Å². The molecule has 4 rings (SSSR count). The van der Waals surface area contributed by atoms with Gasteiger partial charge in [-0.25, -0.2) is 19.3 Å². The average Bonchev–Trinajstić information content (AvgIpc) is 3.10. The highest BCUT2D eigenvalue weighted by Crippen LogP contribution is 2.30. The molecule has 0 spiro atoms. The van der Waals surface area contributed by atoms with Crippen LogP contribution in [0.25, 0.3) is 16.7 Å². The van der Waals surface area contributed by atoms with Gasteiger partial charge in [0.2, 0.25) is 0 Å². The number of aryl methyl sites for hydroxylation is 1. The molecule has 120 valence electrons. The molecule has 7 nitrogen and oxygen atoms in total. The molecule has 24 heavy (non-hydrogen) atoms. The van der Waals surface area contributed by atoms with Crippen molar-refractivity contribution in [3.05, 3.63) is 53.2 Å². The summed E-state index contributed by atoms with van der Waals surface area (Å²) in [4.78, 5) is 8.63. The van der Waals surface area contributed by atoms with Gasteiger partial charge in [-0.05, 0) is 35.0 Å². The Morgan fingerprint density at radius 2 is 1.92 bits per heavy atom. The van der Waals surface area contributed by atoms with E-state index in [4.69, 9.17) is 0 Å². The SMILES string of the molecule is Cc1c(Nc2ncnc3c2c(Br)nn3C)cnn1-c1ccccc1. The fourth-order valence-corrected chi connectivity index (χ4v) is 3.23. The van der Waals surface area contributed by atoms with Crippen molar-refractivity contribution >= 4 is 38.5 Å². The molecule has 4 aromatic rings. The summed E-state index contributed by atoms with van der Waals surface area (Å²) in [5.74, 6) is 0.690. The van der Waals surface area contributed by atoms with Crippen LogP contribution in [0.1, 0.15) is 5.69 Å². The first kappa shape index (κ1) is 14.8. The molecule has 0 fully saturated rings. The third kappa shape index (κ3) is 2.35. The number of anilines is 2. The highest BCUT2D eigenvalue weighted by Gasteiger charge is 2.15. The molecule has 3 aromatic heterocycles. The molecule has 1 aromatic carbocycles. The normalized spacial score (nSPS) is 11.1. The summed E-state index contributed by atoms with van der Waals surface area (Å²) in [5.41, 5.74) is 3.65. The van der Waals surface area contributed by atoms with E-state index in [9.17, 15) is 0 Å². The third-order valence-electron chi connectivity index (χ3n) is 3.84. The number of rotatable bonds is 3. The van der Waals surface area contributed by atoms with Crippen molar-refractivity contribution in [1.29, 1.82) is 0 Å². The van der Waals surface area contributed by atoms with Gasteiger partial charge in [-0.3, -0.25) is 0 Å². The van der Waals surface area contributed by atoms with Crippen LogP contribution in [0.4, 0.5) is 11.5 Å². The van der Waals surface area contributed by atoms with Gasteiger partial charge in [0.1, 0.15) is 16.7 Å². The monoisotopic (exact) mass is 383 g/mol. The van der Waals surface area contributed by atoms with Crippen LogP contribution in [0, 0.1) is 6.92 Å². The van der Waals surface area contributed by atoms with Crippen LogP contribution < -0.4 is 5.32 Å². The maximum atomic E-state index is 4.47. The van der Waals surface area contributed by atoms with Crippen molar-refractivity contribution in [2.45, 2.75) is 6.92 Å². The van der Waals surface area contributed by atoms with E-state index in [0.717, 1.165) is 28.1 Å². The summed E-state index contributed by atoms with van der Waals surface area (Å²) >= 11 is 3.47. The molecule has 0 unspecified atom stereocenters. The van der Waals surface area contributed by atoms with Crippen LogP contribution >= 0.6 is 15.9 Å². The van der Waals surface area contributed by atoms with Crippen LogP contribution in [0.3, 0.4) is 0 Å². The Morgan fingerprint density at radius 3 is 2.71 bits per heavy atom. The van der Waals surface area contributed by atoms with Crippen LogP contribution in [0.2, 0.25) is 0 Å². The molecule has 0 bridgehead atoms. The van der Waals surface area contributed by atoms with E-state index in [0.29, 0.717) is 10.4 Å². The van der Waals surface area contributed by atoms with Crippen molar-refractivity contribution in [2.24, 2.45) is 7.05 Å². The maximum Gasteiger partial charge on any atom is 0.164 e. The lowest BCUT2D eigenvalue weighted by Crippen LogP contribution is -2.00. The number of nitrogens with one attached hydrogen (secondary N) is 1. The summed E-state index contributed by atoms with van der Waals surface area (Å²) in [6.07, 6.45) is 3.32. The molecule has 0 radical (unpaired) electrons. The third-order valence-corrected chi connectivity index (χ3v) is 4.40. The first-order valence-corrected chi connectivity index (χ1v) is 8.14. The molecule has 0 saturated heterocycles. The van der Waals surface area contributed by atoms with Crippen molar-refractivity contribution in [3.8, 4) is 5.69 Å². The van der Waals surface area contributed by atoms with Crippen LogP contribution in [-0.2, 0) is 7.05 Å². The topological polar surface area (TPSA) is 73.5 Å². The number of para-hydroxylation sites is 1. The summed E-state index contributed by atoms with van der Waals surface area (Å²) in [5, 5.41) is 13.0. The lowest BCUT2D eigenvalue weighted by molar-refractivity contribution is 0.777. The second-order valence-electron chi connectivity index (χ2n) is 5.35. The molecule has 0 aliphatic carbocycles. The molecule has 0 aliphatic rings. The summed E-state index contributed by atoms with van der Waals surface area (Å²) in [7, 11) is 1.85. The Kier molecular flexibility index (Phi) is 3.53. The van der Waals surface area contributed by atoms with E-state index in [2.05, 4.69) is 41.4 Å². The molecule has 0 atom stereocenters. The number of hydrogen-bond acceptors (Lipinski definition) is 5. The van der Waals surface area contributed by atoms with Gasteiger partial charge in [-0.2, -0.15) is 10.2 Å². The van der Waals surface area contributed by atoms with Crippen LogP contribution in [-0.4, -0.2) is 29.5 Å². The van der Waals surface area contributed by atoms with E-state index in [-0.39, 0.29) is 0 Å². The molecule has 8 heteroatoms. The zero-order valence-corrected chi connectivity index (χ0v) is 14.7. The van der Waals surface area contributed by atoms with Crippen molar-refractivity contribution in [1.82, 2.24) is 29.5 Å². The highest BCUT2D eigenvalue weighted by molar-refractivity contribution is 9.10. The van der Waals surface area contributed by atoms with E-state index >= 15 is 0 Å². The first-order valence-electron chi connectivity index (χ1n) is 7.35. The van der Waals surface area contributed by atoms with Gasteiger partial charge in [-0.15, -0.1) is 0 Å². The molecule has 0 aliphatic heterocycles. The van der Waals surface area contributed by atoms with Gasteiger partial charge in [0.25, 0.3) is 0 Å². The number of halogens is 1. The van der Waals surface area contributed by atoms with Gasteiger partial charge in [0.15, 0.2) is 5.65 Å². The molecule has 0 saturated carbocycles.